The maximum Gasteiger partial charge on any atom is 0.264 e. The number of rotatable bonds is 5. The second-order valence-corrected chi connectivity index (χ2v) is 8.50. The molecule has 2 heterocycles. The van der Waals surface area contributed by atoms with Crippen LogP contribution in [0.15, 0.2) is 52.7 Å². The number of carbonyl (C=O) groups is 2. The number of likely N-dealkylation sites (tertiary alicyclic amines) is 1. The van der Waals surface area contributed by atoms with E-state index in [4.69, 9.17) is 0 Å². The highest BCUT2D eigenvalue weighted by Gasteiger charge is 2.35. The average Bonchev–Trinajstić information content (AvgIpc) is 3.26. The zero-order valence-electron chi connectivity index (χ0n) is 13.4. The minimum atomic E-state index is -3.93. The van der Waals surface area contributed by atoms with Crippen molar-refractivity contribution < 1.29 is 18.0 Å². The van der Waals surface area contributed by atoms with Gasteiger partial charge in [0, 0.05) is 11.4 Å². The van der Waals surface area contributed by atoms with Gasteiger partial charge in [0.1, 0.15) is 6.04 Å². The molecule has 1 atom stereocenters. The number of sulfonamides is 1. The highest BCUT2D eigenvalue weighted by atomic mass is 32.2. The fourth-order valence-corrected chi connectivity index (χ4v) is 4.59. The Labute approximate surface area is 150 Å². The van der Waals surface area contributed by atoms with Gasteiger partial charge in [0.25, 0.3) is 15.9 Å². The molecule has 1 fully saturated rings. The predicted molar refractivity (Wildman–Crippen MR) is 94.5 cm³/mol. The third-order valence-corrected chi connectivity index (χ3v) is 6.31. The van der Waals surface area contributed by atoms with Gasteiger partial charge in [0.05, 0.1) is 11.3 Å². The molecule has 1 unspecified atom stereocenters. The van der Waals surface area contributed by atoms with E-state index >= 15 is 0 Å². The molecule has 1 N–H and O–H groups in total. The summed E-state index contributed by atoms with van der Waals surface area (Å²) in [6.07, 6.45) is 1.37. The lowest BCUT2D eigenvalue weighted by Crippen LogP contribution is -2.47. The molecule has 8 heteroatoms. The Morgan fingerprint density at radius 2 is 1.92 bits per heavy atom. The molecule has 3 rings (SSSR count). The van der Waals surface area contributed by atoms with Gasteiger partial charge in [-0.25, -0.2) is 13.1 Å². The van der Waals surface area contributed by atoms with Crippen LogP contribution in [0.1, 0.15) is 17.7 Å². The van der Waals surface area contributed by atoms with E-state index in [0.29, 0.717) is 19.4 Å². The highest BCUT2D eigenvalue weighted by molar-refractivity contribution is 7.90. The van der Waals surface area contributed by atoms with Gasteiger partial charge in [-0.3, -0.25) is 9.59 Å². The molecule has 2 aromatic rings. The molecule has 1 aromatic carbocycles. The number of nitrogens with zero attached hydrogens (tertiary/aromatic N) is 1. The second-order valence-electron chi connectivity index (χ2n) is 5.78. The molecule has 0 radical (unpaired) electrons. The van der Waals surface area contributed by atoms with Crippen LogP contribution in [0.25, 0.3) is 0 Å². The van der Waals surface area contributed by atoms with Gasteiger partial charge >= 0.3 is 0 Å². The molecule has 1 aliphatic rings. The number of hydrogen-bond acceptors (Lipinski definition) is 5. The number of benzene rings is 1. The largest absolute Gasteiger partial charge is 0.330 e. The predicted octanol–water partition coefficient (Wildman–Crippen LogP) is 1.79. The smallest absolute Gasteiger partial charge is 0.264 e. The molecular weight excluding hydrogens is 360 g/mol. The third kappa shape index (κ3) is 4.08. The molecule has 1 aromatic heterocycles. The van der Waals surface area contributed by atoms with Crippen molar-refractivity contribution in [1.29, 1.82) is 0 Å². The first kappa shape index (κ1) is 17.6. The lowest BCUT2D eigenvalue weighted by molar-refractivity contribution is -0.137. The maximum atomic E-state index is 12.5. The van der Waals surface area contributed by atoms with Crippen LogP contribution in [0.4, 0.5) is 0 Å². The summed E-state index contributed by atoms with van der Waals surface area (Å²) in [5.74, 6) is -0.807. The topological polar surface area (TPSA) is 83.6 Å². The van der Waals surface area contributed by atoms with Crippen LogP contribution in [0.2, 0.25) is 0 Å². The Hall–Kier alpha value is -2.19. The number of amides is 2. The van der Waals surface area contributed by atoms with Crippen molar-refractivity contribution >= 4 is 33.2 Å². The average molecular weight is 378 g/mol. The Morgan fingerprint density at radius 1 is 1.16 bits per heavy atom. The first-order valence-electron chi connectivity index (χ1n) is 7.91. The van der Waals surface area contributed by atoms with Gasteiger partial charge in [-0.2, -0.15) is 0 Å². The third-order valence-electron chi connectivity index (χ3n) is 4.07. The maximum absolute atomic E-state index is 12.5. The Balaban J connectivity index is 1.69. The van der Waals surface area contributed by atoms with E-state index in [9.17, 15) is 18.0 Å². The summed E-state index contributed by atoms with van der Waals surface area (Å²) in [6.45, 7) is 0.466. The molecule has 25 heavy (non-hydrogen) atoms. The summed E-state index contributed by atoms with van der Waals surface area (Å²) in [5, 5.41) is 1.89. The van der Waals surface area contributed by atoms with Gasteiger partial charge in [-0.15, -0.1) is 11.3 Å². The van der Waals surface area contributed by atoms with Gasteiger partial charge in [0.15, 0.2) is 0 Å². The molecule has 0 spiro atoms. The molecule has 0 saturated carbocycles. The minimum Gasteiger partial charge on any atom is -0.330 e. The summed E-state index contributed by atoms with van der Waals surface area (Å²) in [7, 11) is -3.93. The summed E-state index contributed by atoms with van der Waals surface area (Å²) >= 11 is 1.48. The first-order chi connectivity index (χ1) is 12.0. The molecule has 0 aliphatic carbocycles. The summed E-state index contributed by atoms with van der Waals surface area (Å²) in [5.41, 5.74) is 0. The molecule has 132 valence electrons. The zero-order chi connectivity index (χ0) is 17.9. The van der Waals surface area contributed by atoms with Crippen LogP contribution in [0, 0.1) is 0 Å². The van der Waals surface area contributed by atoms with Gasteiger partial charge < -0.3 is 4.90 Å². The summed E-state index contributed by atoms with van der Waals surface area (Å²) in [4.78, 5) is 27.4. The molecule has 1 aliphatic heterocycles. The fraction of sp³-hybridized carbons (Fsp3) is 0.294. The van der Waals surface area contributed by atoms with Crippen molar-refractivity contribution in [3.05, 3.63) is 52.7 Å². The van der Waals surface area contributed by atoms with Crippen molar-refractivity contribution in [1.82, 2.24) is 9.62 Å². The van der Waals surface area contributed by atoms with Gasteiger partial charge in [0.2, 0.25) is 5.91 Å². The van der Waals surface area contributed by atoms with Crippen molar-refractivity contribution in [2.75, 3.05) is 6.54 Å². The lowest BCUT2D eigenvalue weighted by atomic mass is 10.2. The SMILES string of the molecule is O=C(NS(=O)(=O)c1ccccc1)C1CCCN1C(=O)Cc1cccs1. The fourth-order valence-electron chi connectivity index (χ4n) is 2.86. The number of nitrogens with one attached hydrogen (secondary N) is 1. The lowest BCUT2D eigenvalue weighted by Gasteiger charge is -2.23. The Morgan fingerprint density at radius 3 is 2.60 bits per heavy atom. The quantitative estimate of drug-likeness (QED) is 0.860. The van der Waals surface area contributed by atoms with Crippen LogP contribution < -0.4 is 4.72 Å². The molecule has 2 amide bonds. The molecule has 0 bridgehead atoms. The summed E-state index contributed by atoms with van der Waals surface area (Å²) in [6, 6.07) is 10.7. The highest BCUT2D eigenvalue weighted by Crippen LogP contribution is 2.21. The van der Waals surface area contributed by atoms with Crippen LogP contribution in [-0.2, 0) is 26.0 Å². The molecule has 1 saturated heterocycles. The van der Waals surface area contributed by atoms with E-state index in [2.05, 4.69) is 4.72 Å². The number of hydrogen-bond donors (Lipinski definition) is 1. The van der Waals surface area contributed by atoms with Gasteiger partial charge in [-0.1, -0.05) is 24.3 Å². The Kier molecular flexibility index (Phi) is 5.19. The second kappa shape index (κ2) is 7.37. The van der Waals surface area contributed by atoms with Crippen LogP contribution in [0.5, 0.6) is 0 Å². The normalized spacial score (nSPS) is 17.4. The van der Waals surface area contributed by atoms with Crippen LogP contribution in [0.3, 0.4) is 0 Å². The van der Waals surface area contributed by atoms with Crippen molar-refractivity contribution in [3.63, 3.8) is 0 Å². The standard InChI is InChI=1S/C17H18N2O4S2/c20-16(12-13-6-5-11-24-13)19-10-4-9-15(19)17(21)18-25(22,23)14-7-2-1-3-8-14/h1-3,5-8,11,15H,4,9-10,12H2,(H,18,21). The molecule has 6 nitrogen and oxygen atoms in total. The van der Waals surface area contributed by atoms with E-state index in [1.165, 1.54) is 28.4 Å². The van der Waals surface area contributed by atoms with E-state index in [1.54, 1.807) is 18.2 Å². The van der Waals surface area contributed by atoms with Crippen LogP contribution in [-0.4, -0.2) is 37.7 Å². The van der Waals surface area contributed by atoms with Gasteiger partial charge in [-0.05, 0) is 36.4 Å². The van der Waals surface area contributed by atoms with E-state index in [1.807, 2.05) is 17.5 Å². The number of thiophene rings is 1. The monoisotopic (exact) mass is 378 g/mol. The Bertz CT molecular complexity index is 848. The summed E-state index contributed by atoms with van der Waals surface area (Å²) < 4.78 is 26.7. The van der Waals surface area contributed by atoms with E-state index in [0.717, 1.165) is 4.88 Å². The van der Waals surface area contributed by atoms with E-state index < -0.39 is 22.0 Å². The number of carbonyl (C=O) groups excluding carboxylic acids is 2. The van der Waals surface area contributed by atoms with Crippen LogP contribution >= 0.6 is 11.3 Å². The first-order valence-corrected chi connectivity index (χ1v) is 10.3. The minimum absolute atomic E-state index is 0.0257. The van der Waals surface area contributed by atoms with Crippen molar-refractivity contribution in [3.8, 4) is 0 Å². The van der Waals surface area contributed by atoms with E-state index in [-0.39, 0.29) is 17.2 Å². The van der Waals surface area contributed by atoms with Crippen molar-refractivity contribution in [2.24, 2.45) is 0 Å². The zero-order valence-corrected chi connectivity index (χ0v) is 15.1. The molecular formula is C17H18N2O4S2. The van der Waals surface area contributed by atoms with Crippen molar-refractivity contribution in [2.45, 2.75) is 30.2 Å².